The molecule has 2 atom stereocenters. The van der Waals surface area contributed by atoms with Crippen LogP contribution in [0.5, 0.6) is 0 Å². The number of carbonyl (C=O) groups is 2. The second-order valence-electron chi connectivity index (χ2n) is 4.51. The number of aliphatic hydroxyl groups excluding tert-OH is 1. The third-order valence-corrected chi connectivity index (χ3v) is 2.94. The van der Waals surface area contributed by atoms with Crippen molar-refractivity contribution in [1.82, 2.24) is 14.9 Å². The lowest BCUT2D eigenvalue weighted by molar-refractivity contribution is -0.141. The number of aliphatic hydroxyl groups is 1. The van der Waals surface area contributed by atoms with E-state index in [0.29, 0.717) is 0 Å². The number of nitrogens with one attached hydrogen (secondary N) is 1. The van der Waals surface area contributed by atoms with E-state index >= 15 is 0 Å². The smallest absolute Gasteiger partial charge is 0.328 e. The molecule has 21 heavy (non-hydrogen) atoms. The highest BCUT2D eigenvalue weighted by atomic mass is 16.4. The molecule has 7 heteroatoms. The number of amides is 1. The van der Waals surface area contributed by atoms with Gasteiger partial charge in [0.05, 0.1) is 18.6 Å². The number of hydrogen-bond acceptors (Lipinski definition) is 4. The molecular formula is C14H15N3O4. The van der Waals surface area contributed by atoms with Gasteiger partial charge in [-0.3, -0.25) is 9.36 Å². The first-order valence-corrected chi connectivity index (χ1v) is 6.30. The number of hydrogen-bond donors (Lipinski definition) is 3. The lowest BCUT2D eigenvalue weighted by Crippen LogP contribution is -2.48. The van der Waals surface area contributed by atoms with Crippen LogP contribution in [-0.2, 0) is 4.79 Å². The van der Waals surface area contributed by atoms with E-state index in [0.717, 1.165) is 5.69 Å². The molecule has 3 N–H and O–H groups in total. The Morgan fingerprint density at radius 3 is 2.52 bits per heavy atom. The summed E-state index contributed by atoms with van der Waals surface area (Å²) in [6, 6.07) is 7.67. The molecule has 0 aliphatic heterocycles. The molecule has 0 saturated heterocycles. The summed E-state index contributed by atoms with van der Waals surface area (Å²) in [5, 5.41) is 20.7. The second kappa shape index (κ2) is 6.19. The van der Waals surface area contributed by atoms with Gasteiger partial charge in [-0.05, 0) is 19.1 Å². The highest BCUT2D eigenvalue weighted by molar-refractivity contribution is 5.95. The summed E-state index contributed by atoms with van der Waals surface area (Å²) in [6.45, 7) is 1.30. The summed E-state index contributed by atoms with van der Waals surface area (Å²) >= 11 is 0. The number of benzene rings is 1. The molecule has 1 amide bonds. The van der Waals surface area contributed by atoms with E-state index in [-0.39, 0.29) is 5.69 Å². The number of aliphatic carboxylic acids is 1. The number of carboxylic acids is 1. The molecule has 0 saturated carbocycles. The van der Waals surface area contributed by atoms with E-state index in [2.05, 4.69) is 10.3 Å². The van der Waals surface area contributed by atoms with E-state index in [4.69, 9.17) is 5.11 Å². The summed E-state index contributed by atoms with van der Waals surface area (Å²) in [5.74, 6) is -1.92. The lowest BCUT2D eigenvalue weighted by Gasteiger charge is -2.17. The standard InChI is InChI=1S/C14H15N3O4/c1-9(18)12(14(20)21)16-13(19)11-7-15-8-17(11)10-5-3-2-4-6-10/h2-9,12,18H,1H3,(H,16,19)(H,20,21)/t9-,12+/m1/s1. The fourth-order valence-electron chi connectivity index (χ4n) is 1.86. The summed E-state index contributed by atoms with van der Waals surface area (Å²) in [4.78, 5) is 27.1. The Bertz CT molecular complexity index is 637. The van der Waals surface area contributed by atoms with Crippen molar-refractivity contribution in [3.63, 3.8) is 0 Å². The van der Waals surface area contributed by atoms with Gasteiger partial charge in [0.2, 0.25) is 0 Å². The maximum absolute atomic E-state index is 12.2. The third kappa shape index (κ3) is 3.26. The zero-order valence-corrected chi connectivity index (χ0v) is 11.3. The number of rotatable bonds is 5. The van der Waals surface area contributed by atoms with Crippen LogP contribution in [0, 0.1) is 0 Å². The first-order chi connectivity index (χ1) is 10.0. The number of para-hydroxylation sites is 1. The summed E-state index contributed by atoms with van der Waals surface area (Å²) < 4.78 is 1.54. The van der Waals surface area contributed by atoms with E-state index in [1.54, 1.807) is 12.1 Å². The Labute approximate surface area is 120 Å². The van der Waals surface area contributed by atoms with Gasteiger partial charge in [0.1, 0.15) is 5.69 Å². The van der Waals surface area contributed by atoms with Crippen LogP contribution in [0.2, 0.25) is 0 Å². The van der Waals surface area contributed by atoms with Crippen LogP contribution in [0.1, 0.15) is 17.4 Å². The third-order valence-electron chi connectivity index (χ3n) is 2.94. The molecule has 7 nitrogen and oxygen atoms in total. The Kier molecular flexibility index (Phi) is 4.34. The van der Waals surface area contributed by atoms with Crippen LogP contribution in [-0.4, -0.2) is 43.8 Å². The van der Waals surface area contributed by atoms with E-state index in [9.17, 15) is 14.7 Å². The van der Waals surface area contributed by atoms with Crippen LogP contribution in [0.4, 0.5) is 0 Å². The van der Waals surface area contributed by atoms with Gasteiger partial charge < -0.3 is 15.5 Å². The number of carboxylic acid groups (broad SMARTS) is 1. The minimum atomic E-state index is -1.38. The molecule has 2 aromatic rings. The van der Waals surface area contributed by atoms with E-state index < -0.39 is 24.0 Å². The molecule has 1 aromatic heterocycles. The molecule has 0 aliphatic carbocycles. The van der Waals surface area contributed by atoms with E-state index in [1.807, 2.05) is 18.2 Å². The predicted octanol–water partition coefficient (Wildman–Crippen LogP) is 0.436. The minimum Gasteiger partial charge on any atom is -0.480 e. The molecule has 0 radical (unpaired) electrons. The molecule has 0 spiro atoms. The number of aromatic nitrogens is 2. The molecule has 1 heterocycles. The van der Waals surface area contributed by atoms with Crippen LogP contribution in [0.3, 0.4) is 0 Å². The van der Waals surface area contributed by atoms with Gasteiger partial charge >= 0.3 is 5.97 Å². The first kappa shape index (κ1) is 14.7. The van der Waals surface area contributed by atoms with Crippen LogP contribution < -0.4 is 5.32 Å². The van der Waals surface area contributed by atoms with Gasteiger partial charge in [-0.25, -0.2) is 9.78 Å². The second-order valence-corrected chi connectivity index (χ2v) is 4.51. The Hall–Kier alpha value is -2.67. The van der Waals surface area contributed by atoms with Crippen molar-refractivity contribution >= 4 is 11.9 Å². The van der Waals surface area contributed by atoms with Gasteiger partial charge in [0.15, 0.2) is 6.04 Å². The number of nitrogens with zero attached hydrogens (tertiary/aromatic N) is 2. The quantitative estimate of drug-likeness (QED) is 0.740. The van der Waals surface area contributed by atoms with Crippen molar-refractivity contribution < 1.29 is 19.8 Å². The van der Waals surface area contributed by atoms with Crippen LogP contribution in [0.25, 0.3) is 5.69 Å². The minimum absolute atomic E-state index is 0.188. The van der Waals surface area contributed by atoms with Crippen molar-refractivity contribution in [2.75, 3.05) is 0 Å². The van der Waals surface area contributed by atoms with Gasteiger partial charge in [0, 0.05) is 5.69 Å². The molecule has 0 unspecified atom stereocenters. The summed E-state index contributed by atoms with van der Waals surface area (Å²) in [7, 11) is 0. The molecule has 0 bridgehead atoms. The van der Waals surface area contributed by atoms with Gasteiger partial charge in [-0.1, -0.05) is 18.2 Å². The van der Waals surface area contributed by atoms with Crippen LogP contribution >= 0.6 is 0 Å². The fourth-order valence-corrected chi connectivity index (χ4v) is 1.86. The maximum atomic E-state index is 12.2. The first-order valence-electron chi connectivity index (χ1n) is 6.30. The van der Waals surface area contributed by atoms with Gasteiger partial charge in [0.25, 0.3) is 5.91 Å². The van der Waals surface area contributed by atoms with Crippen molar-refractivity contribution in [1.29, 1.82) is 0 Å². The molecule has 0 fully saturated rings. The Morgan fingerprint density at radius 1 is 1.29 bits per heavy atom. The zero-order valence-electron chi connectivity index (χ0n) is 11.3. The van der Waals surface area contributed by atoms with Crippen molar-refractivity contribution in [3.05, 3.63) is 48.5 Å². The Balaban J connectivity index is 2.25. The molecular weight excluding hydrogens is 274 g/mol. The summed E-state index contributed by atoms with van der Waals surface area (Å²) in [5.41, 5.74) is 0.914. The monoisotopic (exact) mass is 289 g/mol. The summed E-state index contributed by atoms with van der Waals surface area (Å²) in [6.07, 6.45) is 1.59. The van der Waals surface area contributed by atoms with Crippen molar-refractivity contribution in [3.8, 4) is 5.69 Å². The van der Waals surface area contributed by atoms with Crippen molar-refractivity contribution in [2.45, 2.75) is 19.1 Å². The lowest BCUT2D eigenvalue weighted by atomic mass is 10.2. The molecule has 0 aliphatic rings. The molecule has 2 rings (SSSR count). The predicted molar refractivity (Wildman–Crippen MR) is 74.1 cm³/mol. The van der Waals surface area contributed by atoms with Gasteiger partial charge in [-0.15, -0.1) is 0 Å². The van der Waals surface area contributed by atoms with Gasteiger partial charge in [-0.2, -0.15) is 0 Å². The molecule has 1 aromatic carbocycles. The highest BCUT2D eigenvalue weighted by Gasteiger charge is 2.26. The SMILES string of the molecule is C[C@@H](O)[C@H](NC(=O)c1cncn1-c1ccccc1)C(=O)O. The topological polar surface area (TPSA) is 104 Å². The van der Waals surface area contributed by atoms with Crippen LogP contribution in [0.15, 0.2) is 42.9 Å². The largest absolute Gasteiger partial charge is 0.480 e. The average molecular weight is 289 g/mol. The fraction of sp³-hybridized carbons (Fsp3) is 0.214. The van der Waals surface area contributed by atoms with E-state index in [1.165, 1.54) is 24.0 Å². The maximum Gasteiger partial charge on any atom is 0.328 e. The molecule has 110 valence electrons. The Morgan fingerprint density at radius 2 is 1.95 bits per heavy atom. The number of imidazole rings is 1. The highest BCUT2D eigenvalue weighted by Crippen LogP contribution is 2.11. The van der Waals surface area contributed by atoms with Crippen molar-refractivity contribution in [2.24, 2.45) is 0 Å². The zero-order chi connectivity index (χ0) is 15.4. The normalized spacial score (nSPS) is 13.4. The average Bonchev–Trinajstić information content (AvgIpc) is 2.94. The number of carbonyl (C=O) groups excluding carboxylic acids is 1.